The molecule has 9 rings (SSSR count). The second-order valence-corrected chi connectivity index (χ2v) is 11.0. The second-order valence-electron chi connectivity index (χ2n) is 11.0. The maximum Gasteiger partial charge on any atom is 0.272 e. The van der Waals surface area contributed by atoms with Gasteiger partial charge in [0, 0.05) is 21.5 Å². The van der Waals surface area contributed by atoms with Gasteiger partial charge in [-0.05, 0) is 54.1 Å². The largest absolute Gasteiger partial charge is 0.497 e. The number of aliphatic hydroxyl groups excluding tert-OH is 1. The number of aromatic nitrogens is 12. The quantitative estimate of drug-likeness (QED) is 0.234. The number of fused-ring (bicyclic) bond motifs is 14. The van der Waals surface area contributed by atoms with Crippen molar-refractivity contribution in [2.45, 2.75) is 6.61 Å². The summed E-state index contributed by atoms with van der Waals surface area (Å²) in [5.41, 5.74) is 4.15. The summed E-state index contributed by atoms with van der Waals surface area (Å²) in [4.78, 5) is 35.8. The summed E-state index contributed by atoms with van der Waals surface area (Å²) in [5.74, 6) is 1.59. The summed E-state index contributed by atoms with van der Waals surface area (Å²) in [6.07, 6.45) is 0. The van der Waals surface area contributed by atoms with Gasteiger partial charge >= 0.3 is 0 Å². The fourth-order valence-electron chi connectivity index (χ4n) is 5.70. The Hall–Kier alpha value is -6.80. The Kier molecular flexibility index (Phi) is 6.26. The number of hydrogen-bond donors (Lipinski definition) is 3. The number of aromatic amines is 2. The van der Waals surface area contributed by atoms with E-state index < -0.39 is 0 Å². The minimum Gasteiger partial charge on any atom is -0.497 e. The Labute approximate surface area is 269 Å². The van der Waals surface area contributed by atoms with E-state index in [0.29, 0.717) is 45.5 Å². The van der Waals surface area contributed by atoms with Gasteiger partial charge in [-0.2, -0.15) is 39.3 Å². The molecule has 0 saturated carbocycles. The SMILES string of the molecule is COc1ccc2c3nc4nc(nc5[nH]c(nc6nc(nc([nH]3)c2c1)nn6-c1ccccc1)c1ccc(CO)cc51)nn4-c1ccccc1. The first-order valence-corrected chi connectivity index (χ1v) is 15.0. The number of rotatable bonds is 4. The van der Waals surface area contributed by atoms with E-state index in [-0.39, 0.29) is 18.2 Å². The molecule has 0 spiro atoms. The monoisotopic (exact) mass is 632 g/mol. The molecular formula is C34H24N12O2. The zero-order valence-corrected chi connectivity index (χ0v) is 25.3. The average Bonchev–Trinajstić information content (AvgIpc) is 3.89. The minimum atomic E-state index is -0.137. The zero-order chi connectivity index (χ0) is 32.2. The lowest BCUT2D eigenvalue weighted by Gasteiger charge is -1.99. The van der Waals surface area contributed by atoms with Crippen LogP contribution in [0, 0.1) is 0 Å². The zero-order valence-electron chi connectivity index (χ0n) is 25.3. The number of benzene rings is 4. The number of para-hydroxylation sites is 2. The smallest absolute Gasteiger partial charge is 0.272 e. The summed E-state index contributed by atoms with van der Waals surface area (Å²) in [6.45, 7) is -0.137. The average molecular weight is 633 g/mol. The summed E-state index contributed by atoms with van der Waals surface area (Å²) in [7, 11) is 1.61. The Morgan fingerprint density at radius 3 is 1.58 bits per heavy atom. The maximum atomic E-state index is 9.94. The first-order chi connectivity index (χ1) is 23.6. The highest BCUT2D eigenvalue weighted by Crippen LogP contribution is 2.28. The van der Waals surface area contributed by atoms with Gasteiger partial charge in [-0.25, -0.2) is 0 Å². The number of aliphatic hydroxyl groups is 1. The Balaban J connectivity index is 1.48. The molecule has 48 heavy (non-hydrogen) atoms. The third-order valence-corrected chi connectivity index (χ3v) is 7.99. The summed E-state index contributed by atoms with van der Waals surface area (Å²) < 4.78 is 8.81. The van der Waals surface area contributed by atoms with Gasteiger partial charge in [0.1, 0.15) is 28.3 Å². The standard InChI is InChI=1S/C34H24N12O2/c1-48-22-13-15-24-26(17-22)30-36-28(24)40-34-41-31(43-46(34)21-10-6-3-7-11-21)37-29-25-16-19(18-47)12-14-23(25)27(35-29)39-33-42-32(38-30)44-45(33)20-8-4-2-5-9-20/h2-17,47H,18H2,1H3,(H2,35,36,37,38,39,40,41,42,43,44). The van der Waals surface area contributed by atoms with Crippen LogP contribution in [0.1, 0.15) is 5.56 Å². The molecule has 0 amide bonds. The molecule has 232 valence electrons. The van der Waals surface area contributed by atoms with Crippen molar-refractivity contribution >= 4 is 67.2 Å². The van der Waals surface area contributed by atoms with Gasteiger partial charge in [0.25, 0.3) is 23.1 Å². The fourth-order valence-corrected chi connectivity index (χ4v) is 5.70. The van der Waals surface area contributed by atoms with Crippen LogP contribution in [0.2, 0.25) is 0 Å². The number of methoxy groups -OCH3 is 1. The summed E-state index contributed by atoms with van der Waals surface area (Å²) >= 11 is 0. The van der Waals surface area contributed by atoms with Crippen molar-refractivity contribution in [3.05, 3.63) is 103 Å². The van der Waals surface area contributed by atoms with Gasteiger partial charge in [0.2, 0.25) is 0 Å². The lowest BCUT2D eigenvalue weighted by Crippen LogP contribution is -1.97. The van der Waals surface area contributed by atoms with Crippen LogP contribution in [0.3, 0.4) is 0 Å². The number of hydrogen-bond acceptors (Lipinski definition) is 10. The molecule has 0 unspecified atom stereocenters. The topological polar surface area (TPSA) is 174 Å². The first-order valence-electron chi connectivity index (χ1n) is 15.0. The third-order valence-electron chi connectivity index (χ3n) is 7.99. The van der Waals surface area contributed by atoms with E-state index in [9.17, 15) is 5.11 Å². The molecule has 5 heterocycles. The highest BCUT2D eigenvalue weighted by molar-refractivity contribution is 6.06. The van der Waals surface area contributed by atoms with Gasteiger partial charge in [-0.1, -0.05) is 48.5 Å². The van der Waals surface area contributed by atoms with Gasteiger partial charge in [-0.15, -0.1) is 10.2 Å². The molecule has 14 nitrogen and oxygen atoms in total. The molecule has 14 heteroatoms. The van der Waals surface area contributed by atoms with Crippen molar-refractivity contribution in [1.29, 1.82) is 0 Å². The van der Waals surface area contributed by atoms with Crippen LogP contribution in [0.15, 0.2) is 97.1 Å². The molecule has 0 aliphatic rings. The minimum absolute atomic E-state index is 0.137. The number of ether oxygens (including phenoxy) is 1. The van der Waals surface area contributed by atoms with Crippen molar-refractivity contribution in [2.24, 2.45) is 0 Å². The first kappa shape index (κ1) is 27.5. The highest BCUT2D eigenvalue weighted by atomic mass is 16.5. The maximum absolute atomic E-state index is 9.94. The van der Waals surface area contributed by atoms with Crippen molar-refractivity contribution in [3.8, 4) is 17.1 Å². The molecule has 5 aromatic heterocycles. The molecule has 9 aromatic rings. The van der Waals surface area contributed by atoms with Crippen LogP contribution in [0.5, 0.6) is 5.75 Å². The van der Waals surface area contributed by atoms with Crippen molar-refractivity contribution < 1.29 is 9.84 Å². The van der Waals surface area contributed by atoms with E-state index >= 15 is 0 Å². The van der Waals surface area contributed by atoms with E-state index in [1.54, 1.807) is 16.5 Å². The third kappa shape index (κ3) is 4.63. The number of H-pyrrole nitrogens is 2. The molecule has 0 fully saturated rings. The number of nitrogens with one attached hydrogen (secondary N) is 2. The van der Waals surface area contributed by atoms with Crippen molar-refractivity contribution in [1.82, 2.24) is 59.4 Å². The second kappa shape index (κ2) is 10.9. The molecule has 0 aliphatic heterocycles. The van der Waals surface area contributed by atoms with E-state index in [4.69, 9.17) is 44.8 Å². The van der Waals surface area contributed by atoms with Crippen LogP contribution < -0.4 is 4.74 Å². The number of nitrogens with zero attached hydrogens (tertiary/aromatic N) is 10. The van der Waals surface area contributed by atoms with E-state index in [1.807, 2.05) is 97.1 Å². The molecule has 8 bridgehead atoms. The molecule has 0 radical (unpaired) electrons. The highest BCUT2D eigenvalue weighted by Gasteiger charge is 2.14. The van der Waals surface area contributed by atoms with Crippen LogP contribution in [-0.2, 0) is 6.61 Å². The summed E-state index contributed by atoms with van der Waals surface area (Å²) in [5, 5.41) is 22.5. The van der Waals surface area contributed by atoms with Crippen molar-refractivity contribution in [3.63, 3.8) is 0 Å². The van der Waals surface area contributed by atoms with Crippen LogP contribution in [0.25, 0.3) is 78.6 Å². The van der Waals surface area contributed by atoms with Gasteiger partial charge in [-0.3, -0.25) is 0 Å². The Bertz CT molecular complexity index is 2570. The molecular weight excluding hydrogens is 608 g/mol. The molecule has 0 saturated heterocycles. The Morgan fingerprint density at radius 1 is 0.562 bits per heavy atom. The summed E-state index contributed by atoms with van der Waals surface area (Å²) in [6, 6.07) is 30.4. The van der Waals surface area contributed by atoms with Crippen molar-refractivity contribution in [2.75, 3.05) is 7.11 Å². The predicted molar refractivity (Wildman–Crippen MR) is 180 cm³/mol. The lowest BCUT2D eigenvalue weighted by atomic mass is 10.1. The Morgan fingerprint density at radius 2 is 1.06 bits per heavy atom. The van der Waals surface area contributed by atoms with Crippen LogP contribution >= 0.6 is 0 Å². The van der Waals surface area contributed by atoms with Crippen LogP contribution in [0.4, 0.5) is 0 Å². The fraction of sp³-hybridized carbons (Fsp3) is 0.0588. The van der Waals surface area contributed by atoms with Gasteiger partial charge < -0.3 is 19.8 Å². The molecule has 0 aliphatic carbocycles. The van der Waals surface area contributed by atoms with Gasteiger partial charge in [0.15, 0.2) is 0 Å². The molecule has 4 aromatic carbocycles. The predicted octanol–water partition coefficient (Wildman–Crippen LogP) is 5.19. The lowest BCUT2D eigenvalue weighted by molar-refractivity contribution is 0.282. The van der Waals surface area contributed by atoms with E-state index in [1.165, 1.54) is 0 Å². The normalized spacial score (nSPS) is 11.6. The molecule has 0 atom stereocenters. The van der Waals surface area contributed by atoms with Crippen LogP contribution in [-0.4, -0.2) is 71.6 Å². The van der Waals surface area contributed by atoms with E-state index in [0.717, 1.165) is 32.9 Å². The van der Waals surface area contributed by atoms with E-state index in [2.05, 4.69) is 9.97 Å². The van der Waals surface area contributed by atoms with Gasteiger partial charge in [0.05, 0.1) is 25.1 Å². The molecule has 3 N–H and O–H groups in total.